The summed E-state index contributed by atoms with van der Waals surface area (Å²) in [6.45, 7) is 1.86. The maximum atomic E-state index is 12.1. The Hall–Kier alpha value is -2.65. The largest absolute Gasteiger partial charge is 0.326 e. The highest BCUT2D eigenvalue weighted by molar-refractivity contribution is 7.92. The van der Waals surface area contributed by atoms with Crippen molar-refractivity contribution in [3.05, 3.63) is 63.2 Å². The minimum atomic E-state index is -3.67. The molecule has 0 aromatic heterocycles. The van der Waals surface area contributed by atoms with Crippen LogP contribution in [0.15, 0.2) is 42.5 Å². The summed E-state index contributed by atoms with van der Waals surface area (Å²) in [6.07, 6.45) is 1.33. The van der Waals surface area contributed by atoms with Gasteiger partial charge in [0.25, 0.3) is 5.69 Å². The number of halogens is 1. The number of nitro benzene ring substituents is 1. The third-order valence-corrected chi connectivity index (χ3v) is 5.55. The van der Waals surface area contributed by atoms with Crippen LogP contribution in [-0.2, 0) is 14.8 Å². The molecule has 10 heteroatoms. The lowest BCUT2D eigenvalue weighted by molar-refractivity contribution is -0.384. The van der Waals surface area contributed by atoms with Crippen molar-refractivity contribution in [2.75, 3.05) is 22.4 Å². The van der Waals surface area contributed by atoms with Crippen LogP contribution in [0.1, 0.15) is 18.4 Å². The van der Waals surface area contributed by atoms with Crippen LogP contribution in [0.25, 0.3) is 0 Å². The number of nitro groups is 1. The molecule has 1 N–H and O–H groups in total. The van der Waals surface area contributed by atoms with Gasteiger partial charge in [0, 0.05) is 35.8 Å². The molecule has 0 aliphatic carbocycles. The Morgan fingerprint density at radius 3 is 2.57 bits per heavy atom. The highest BCUT2D eigenvalue weighted by Gasteiger charge is 2.20. The van der Waals surface area contributed by atoms with E-state index < -0.39 is 14.9 Å². The molecule has 8 nitrogen and oxygen atoms in total. The first-order valence-electron chi connectivity index (χ1n) is 8.36. The maximum Gasteiger partial charge on any atom is 0.271 e. The average Bonchev–Trinajstić information content (AvgIpc) is 2.61. The Labute approximate surface area is 168 Å². The molecule has 0 radical (unpaired) electrons. The summed E-state index contributed by atoms with van der Waals surface area (Å²) in [7, 11) is -3.67. The summed E-state index contributed by atoms with van der Waals surface area (Å²) < 4.78 is 25.2. The number of rotatable bonds is 8. The van der Waals surface area contributed by atoms with Gasteiger partial charge in [0.1, 0.15) is 0 Å². The van der Waals surface area contributed by atoms with E-state index in [0.29, 0.717) is 10.7 Å². The number of nitrogens with one attached hydrogen (secondary N) is 1. The number of amides is 1. The van der Waals surface area contributed by atoms with E-state index in [1.807, 2.05) is 6.92 Å². The lowest BCUT2D eigenvalue weighted by Crippen LogP contribution is -2.31. The second-order valence-electron chi connectivity index (χ2n) is 6.23. The monoisotopic (exact) mass is 425 g/mol. The second-order valence-corrected chi connectivity index (χ2v) is 8.54. The number of hydrogen-bond acceptors (Lipinski definition) is 5. The highest BCUT2D eigenvalue weighted by Crippen LogP contribution is 2.24. The lowest BCUT2D eigenvalue weighted by Gasteiger charge is -2.22. The van der Waals surface area contributed by atoms with Gasteiger partial charge in [-0.2, -0.15) is 0 Å². The van der Waals surface area contributed by atoms with Gasteiger partial charge in [0.05, 0.1) is 16.9 Å². The summed E-state index contributed by atoms with van der Waals surface area (Å²) >= 11 is 6.02. The van der Waals surface area contributed by atoms with Crippen molar-refractivity contribution in [1.82, 2.24) is 0 Å². The zero-order valence-electron chi connectivity index (χ0n) is 15.4. The molecule has 0 atom stereocenters. The van der Waals surface area contributed by atoms with Gasteiger partial charge in [-0.1, -0.05) is 23.7 Å². The van der Waals surface area contributed by atoms with Crippen molar-refractivity contribution in [1.29, 1.82) is 0 Å². The third kappa shape index (κ3) is 5.93. The van der Waals surface area contributed by atoms with Crippen LogP contribution in [0.2, 0.25) is 5.02 Å². The molecule has 2 aromatic rings. The van der Waals surface area contributed by atoms with E-state index in [1.165, 1.54) is 24.3 Å². The van der Waals surface area contributed by atoms with Crippen LogP contribution in [0, 0.1) is 17.0 Å². The standard InChI is InChI=1S/C18H20ClN3O5S/c1-13-8-9-14(11-17(13)19)20-18(23)7-4-10-21(28(2,26)27)15-5-3-6-16(12-15)22(24)25/h3,5-6,8-9,11-12H,4,7,10H2,1-2H3,(H,20,23). The van der Waals surface area contributed by atoms with Crippen LogP contribution in [-0.4, -0.2) is 32.0 Å². The quantitative estimate of drug-likeness (QED) is 0.511. The number of nitrogens with zero attached hydrogens (tertiary/aromatic N) is 2. The van der Waals surface area contributed by atoms with E-state index in [-0.39, 0.29) is 36.7 Å². The van der Waals surface area contributed by atoms with Gasteiger partial charge in [-0.3, -0.25) is 19.2 Å². The third-order valence-electron chi connectivity index (χ3n) is 3.95. The summed E-state index contributed by atoms with van der Waals surface area (Å²) in [5.41, 5.74) is 1.42. The number of hydrogen-bond donors (Lipinski definition) is 1. The van der Waals surface area contributed by atoms with Gasteiger partial charge in [0.2, 0.25) is 15.9 Å². The van der Waals surface area contributed by atoms with E-state index >= 15 is 0 Å². The van der Waals surface area contributed by atoms with Crippen LogP contribution in [0.5, 0.6) is 0 Å². The number of aryl methyl sites for hydroxylation is 1. The van der Waals surface area contributed by atoms with E-state index in [2.05, 4.69) is 5.32 Å². The predicted octanol–water partition coefficient (Wildman–Crippen LogP) is 3.74. The van der Waals surface area contributed by atoms with Crippen molar-refractivity contribution >= 4 is 44.6 Å². The summed E-state index contributed by atoms with van der Waals surface area (Å²) in [5.74, 6) is -0.285. The molecule has 2 aromatic carbocycles. The molecule has 0 aliphatic rings. The van der Waals surface area contributed by atoms with Crippen molar-refractivity contribution < 1.29 is 18.1 Å². The maximum absolute atomic E-state index is 12.1. The second kappa shape index (κ2) is 9.03. The number of non-ortho nitro benzene ring substituents is 1. The van der Waals surface area contributed by atoms with Crippen molar-refractivity contribution in [2.45, 2.75) is 19.8 Å². The number of anilines is 2. The Bertz CT molecular complexity index is 994. The smallest absolute Gasteiger partial charge is 0.271 e. The fourth-order valence-electron chi connectivity index (χ4n) is 2.53. The summed E-state index contributed by atoms with van der Waals surface area (Å²) in [5, 5.41) is 14.2. The van der Waals surface area contributed by atoms with Gasteiger partial charge >= 0.3 is 0 Å². The van der Waals surface area contributed by atoms with Crippen molar-refractivity contribution in [3.8, 4) is 0 Å². The molecule has 0 saturated carbocycles. The van der Waals surface area contributed by atoms with Gasteiger partial charge in [0.15, 0.2) is 0 Å². The van der Waals surface area contributed by atoms with E-state index in [1.54, 1.807) is 18.2 Å². The number of benzene rings is 2. The van der Waals surface area contributed by atoms with Gasteiger partial charge in [-0.25, -0.2) is 8.42 Å². The van der Waals surface area contributed by atoms with E-state index in [0.717, 1.165) is 16.1 Å². The number of carbonyl (C=O) groups is 1. The molecule has 0 bridgehead atoms. The SMILES string of the molecule is Cc1ccc(NC(=O)CCCN(c2cccc([N+](=O)[O-])c2)S(C)(=O)=O)cc1Cl. The molecule has 150 valence electrons. The van der Waals surface area contributed by atoms with Gasteiger partial charge in [-0.15, -0.1) is 0 Å². The fourth-order valence-corrected chi connectivity index (χ4v) is 3.66. The first-order valence-corrected chi connectivity index (χ1v) is 10.6. The molecule has 1 amide bonds. The summed E-state index contributed by atoms with van der Waals surface area (Å²) in [4.78, 5) is 22.4. The molecule has 0 spiro atoms. The van der Waals surface area contributed by atoms with Crippen LogP contribution in [0.4, 0.5) is 17.1 Å². The van der Waals surface area contributed by atoms with Crippen LogP contribution >= 0.6 is 11.6 Å². The Morgan fingerprint density at radius 2 is 1.96 bits per heavy atom. The van der Waals surface area contributed by atoms with Gasteiger partial charge < -0.3 is 5.32 Å². The highest BCUT2D eigenvalue weighted by atomic mass is 35.5. The first kappa shape index (κ1) is 21.6. The molecular formula is C18H20ClN3O5S. The molecule has 0 fully saturated rings. The topological polar surface area (TPSA) is 110 Å². The molecule has 28 heavy (non-hydrogen) atoms. The zero-order valence-corrected chi connectivity index (χ0v) is 17.0. The van der Waals surface area contributed by atoms with E-state index in [9.17, 15) is 23.3 Å². The normalized spacial score (nSPS) is 11.1. The van der Waals surface area contributed by atoms with Crippen molar-refractivity contribution in [3.63, 3.8) is 0 Å². The molecule has 0 unspecified atom stereocenters. The average molecular weight is 426 g/mol. The minimum Gasteiger partial charge on any atom is -0.326 e. The first-order chi connectivity index (χ1) is 13.1. The predicted molar refractivity (Wildman–Crippen MR) is 109 cm³/mol. The molecule has 0 aliphatic heterocycles. The molecular weight excluding hydrogens is 406 g/mol. The lowest BCUT2D eigenvalue weighted by atomic mass is 10.2. The summed E-state index contributed by atoms with van der Waals surface area (Å²) in [6, 6.07) is 10.5. The Kier molecular flexibility index (Phi) is 6.98. The fraction of sp³-hybridized carbons (Fsp3) is 0.278. The molecule has 2 rings (SSSR count). The Morgan fingerprint density at radius 1 is 1.25 bits per heavy atom. The zero-order chi connectivity index (χ0) is 20.9. The minimum absolute atomic E-state index is 0.0159. The molecule has 0 saturated heterocycles. The van der Waals surface area contributed by atoms with Crippen LogP contribution < -0.4 is 9.62 Å². The van der Waals surface area contributed by atoms with Crippen molar-refractivity contribution in [2.24, 2.45) is 0 Å². The van der Waals surface area contributed by atoms with Crippen LogP contribution in [0.3, 0.4) is 0 Å². The number of sulfonamides is 1. The van der Waals surface area contributed by atoms with Gasteiger partial charge in [-0.05, 0) is 37.1 Å². The molecule has 0 heterocycles. The number of carbonyl (C=O) groups excluding carboxylic acids is 1. The Balaban J connectivity index is 2.02. The van der Waals surface area contributed by atoms with E-state index in [4.69, 9.17) is 11.6 Å².